The lowest BCUT2D eigenvalue weighted by Gasteiger charge is -2.45. The monoisotopic (exact) mass is 334 g/mol. The van der Waals surface area contributed by atoms with Crippen LogP contribution in [-0.4, -0.2) is 46.2 Å². The molecule has 0 radical (unpaired) electrons. The number of nitro groups is 1. The lowest BCUT2D eigenvalue weighted by atomic mass is 9.85. The molecule has 8 heteroatoms. The van der Waals surface area contributed by atoms with Crippen molar-refractivity contribution in [3.63, 3.8) is 0 Å². The van der Waals surface area contributed by atoms with Crippen LogP contribution in [0, 0.1) is 10.1 Å². The summed E-state index contributed by atoms with van der Waals surface area (Å²) in [5.74, 6) is 0.578. The first-order valence-corrected chi connectivity index (χ1v) is 7.45. The zero-order chi connectivity index (χ0) is 17.6. The van der Waals surface area contributed by atoms with Crippen molar-refractivity contribution in [2.45, 2.75) is 31.6 Å². The second-order valence-electron chi connectivity index (χ2n) is 6.36. The Balaban J connectivity index is 2.09. The highest BCUT2D eigenvalue weighted by atomic mass is 16.6. The molecule has 1 N–H and O–H groups in total. The molecule has 0 saturated carbocycles. The van der Waals surface area contributed by atoms with Crippen molar-refractivity contribution in [1.82, 2.24) is 4.90 Å². The summed E-state index contributed by atoms with van der Waals surface area (Å²) in [6.45, 7) is 3.61. The van der Waals surface area contributed by atoms with Crippen molar-refractivity contribution >= 4 is 11.6 Å². The number of hydrogen-bond donors (Lipinski definition) is 1. The zero-order valence-corrected chi connectivity index (χ0v) is 13.6. The number of rotatable bonds is 3. The van der Waals surface area contributed by atoms with Crippen molar-refractivity contribution in [3.05, 3.63) is 45.7 Å². The molecule has 24 heavy (non-hydrogen) atoms. The number of carbonyl (C=O) groups is 1. The van der Waals surface area contributed by atoms with Crippen LogP contribution in [0.3, 0.4) is 0 Å². The SMILES string of the molecule is COC1=CC(=O)N([C@@H]2c3cc([N+](=O)[O-])ccc3OC(C)(C)[C@H]2O)C1. The van der Waals surface area contributed by atoms with Gasteiger partial charge in [-0.15, -0.1) is 0 Å². The number of nitrogens with zero attached hydrogens (tertiary/aromatic N) is 2. The number of hydrogen-bond acceptors (Lipinski definition) is 6. The van der Waals surface area contributed by atoms with Crippen LogP contribution in [-0.2, 0) is 9.53 Å². The van der Waals surface area contributed by atoms with E-state index < -0.39 is 22.7 Å². The molecule has 2 atom stereocenters. The van der Waals surface area contributed by atoms with Gasteiger partial charge in [0.2, 0.25) is 0 Å². The Labute approximate surface area is 138 Å². The van der Waals surface area contributed by atoms with E-state index in [0.29, 0.717) is 17.1 Å². The molecular formula is C16H18N2O6. The number of fused-ring (bicyclic) bond motifs is 1. The highest BCUT2D eigenvalue weighted by molar-refractivity contribution is 5.91. The fraction of sp³-hybridized carbons (Fsp3) is 0.438. The molecule has 2 aliphatic rings. The average molecular weight is 334 g/mol. The Morgan fingerprint density at radius 3 is 2.75 bits per heavy atom. The van der Waals surface area contributed by atoms with E-state index in [2.05, 4.69) is 0 Å². The number of aliphatic hydroxyl groups excluding tert-OH is 1. The number of ether oxygens (including phenoxy) is 2. The summed E-state index contributed by atoms with van der Waals surface area (Å²) < 4.78 is 10.9. The predicted molar refractivity (Wildman–Crippen MR) is 83.4 cm³/mol. The van der Waals surface area contributed by atoms with E-state index in [4.69, 9.17) is 9.47 Å². The normalized spacial score (nSPS) is 24.9. The van der Waals surface area contributed by atoms with E-state index in [1.54, 1.807) is 13.8 Å². The maximum atomic E-state index is 12.3. The van der Waals surface area contributed by atoms with E-state index in [9.17, 15) is 20.0 Å². The number of benzene rings is 1. The highest BCUT2D eigenvalue weighted by Gasteiger charge is 2.48. The van der Waals surface area contributed by atoms with Crippen LogP contribution in [0.25, 0.3) is 0 Å². The summed E-state index contributed by atoms with van der Waals surface area (Å²) in [5.41, 5.74) is -0.667. The van der Waals surface area contributed by atoms with E-state index in [1.165, 1.54) is 36.3 Å². The van der Waals surface area contributed by atoms with E-state index in [1.807, 2.05) is 0 Å². The molecule has 8 nitrogen and oxygen atoms in total. The molecule has 0 aromatic heterocycles. The Morgan fingerprint density at radius 2 is 2.17 bits per heavy atom. The zero-order valence-electron chi connectivity index (χ0n) is 13.6. The van der Waals surface area contributed by atoms with Gasteiger partial charge in [-0.05, 0) is 19.9 Å². The van der Waals surface area contributed by atoms with Gasteiger partial charge in [0, 0.05) is 23.8 Å². The Kier molecular flexibility index (Phi) is 3.71. The minimum absolute atomic E-state index is 0.124. The summed E-state index contributed by atoms with van der Waals surface area (Å²) in [5, 5.41) is 21.8. The molecule has 0 fully saturated rings. The van der Waals surface area contributed by atoms with Gasteiger partial charge in [0.25, 0.3) is 11.6 Å². The first-order chi connectivity index (χ1) is 11.2. The topological polar surface area (TPSA) is 102 Å². The van der Waals surface area contributed by atoms with Crippen molar-refractivity contribution in [2.24, 2.45) is 0 Å². The van der Waals surface area contributed by atoms with Crippen molar-refractivity contribution < 1.29 is 24.3 Å². The van der Waals surface area contributed by atoms with Gasteiger partial charge in [0.15, 0.2) is 0 Å². The first kappa shape index (κ1) is 16.3. The van der Waals surface area contributed by atoms with Crippen LogP contribution in [0.1, 0.15) is 25.5 Å². The van der Waals surface area contributed by atoms with Gasteiger partial charge >= 0.3 is 0 Å². The van der Waals surface area contributed by atoms with Gasteiger partial charge < -0.3 is 19.5 Å². The summed E-state index contributed by atoms with van der Waals surface area (Å²) in [6, 6.07) is 3.42. The van der Waals surface area contributed by atoms with Crippen LogP contribution < -0.4 is 4.74 Å². The standard InChI is InChI=1S/C16H18N2O6/c1-16(2)15(20)14(17-8-10(23-3)7-13(17)19)11-6-9(18(21)22)4-5-12(11)24-16/h4-7,14-15,20H,8H2,1-3H3/t14-,15+/m1/s1. The quantitative estimate of drug-likeness (QED) is 0.664. The van der Waals surface area contributed by atoms with Crippen molar-refractivity contribution in [2.75, 3.05) is 13.7 Å². The molecule has 2 heterocycles. The second-order valence-corrected chi connectivity index (χ2v) is 6.36. The van der Waals surface area contributed by atoms with Crippen LogP contribution in [0.2, 0.25) is 0 Å². The largest absolute Gasteiger partial charge is 0.499 e. The second kappa shape index (κ2) is 5.48. The minimum atomic E-state index is -1.06. The molecule has 2 aliphatic heterocycles. The number of non-ortho nitro benzene ring substituents is 1. The highest BCUT2D eigenvalue weighted by Crippen LogP contribution is 2.45. The lowest BCUT2D eigenvalue weighted by Crippen LogP contribution is -2.54. The molecular weight excluding hydrogens is 316 g/mol. The smallest absolute Gasteiger partial charge is 0.270 e. The molecule has 0 unspecified atom stereocenters. The number of aliphatic hydroxyl groups is 1. The molecule has 128 valence electrons. The van der Waals surface area contributed by atoms with E-state index in [-0.39, 0.29) is 18.1 Å². The van der Waals surface area contributed by atoms with Crippen molar-refractivity contribution in [3.8, 4) is 5.75 Å². The third-order valence-corrected chi connectivity index (χ3v) is 4.40. The van der Waals surface area contributed by atoms with Gasteiger partial charge in [-0.25, -0.2) is 0 Å². The lowest BCUT2D eigenvalue weighted by molar-refractivity contribution is -0.385. The summed E-state index contributed by atoms with van der Waals surface area (Å²) in [4.78, 5) is 24.3. The van der Waals surface area contributed by atoms with Crippen LogP contribution in [0.5, 0.6) is 5.75 Å². The summed E-state index contributed by atoms with van der Waals surface area (Å²) >= 11 is 0. The van der Waals surface area contributed by atoms with Gasteiger partial charge in [-0.1, -0.05) is 0 Å². The third kappa shape index (κ3) is 2.48. The minimum Gasteiger partial charge on any atom is -0.499 e. The fourth-order valence-electron chi connectivity index (χ4n) is 3.08. The van der Waals surface area contributed by atoms with Gasteiger partial charge in [-0.2, -0.15) is 0 Å². The molecule has 0 saturated heterocycles. The van der Waals surface area contributed by atoms with Crippen LogP contribution in [0.15, 0.2) is 30.0 Å². The molecule has 0 bridgehead atoms. The van der Waals surface area contributed by atoms with E-state index >= 15 is 0 Å². The molecule has 0 aliphatic carbocycles. The number of amides is 1. The van der Waals surface area contributed by atoms with Gasteiger partial charge in [-0.3, -0.25) is 14.9 Å². The number of carbonyl (C=O) groups excluding carboxylic acids is 1. The van der Waals surface area contributed by atoms with E-state index in [0.717, 1.165) is 0 Å². The van der Waals surface area contributed by atoms with Gasteiger partial charge in [0.05, 0.1) is 24.6 Å². The van der Waals surface area contributed by atoms with Gasteiger partial charge in [0.1, 0.15) is 23.2 Å². The molecule has 3 rings (SSSR count). The van der Waals surface area contributed by atoms with Crippen molar-refractivity contribution in [1.29, 1.82) is 0 Å². The summed E-state index contributed by atoms with van der Waals surface area (Å²) in [7, 11) is 1.46. The number of methoxy groups -OCH3 is 1. The fourth-order valence-corrected chi connectivity index (χ4v) is 3.08. The maximum absolute atomic E-state index is 12.3. The first-order valence-electron chi connectivity index (χ1n) is 7.45. The summed E-state index contributed by atoms with van der Waals surface area (Å²) in [6.07, 6.45) is 0.298. The Hall–Kier alpha value is -2.61. The average Bonchev–Trinajstić information content (AvgIpc) is 2.88. The maximum Gasteiger partial charge on any atom is 0.270 e. The predicted octanol–water partition coefficient (Wildman–Crippen LogP) is 1.54. The molecule has 1 aromatic carbocycles. The number of nitro benzene ring substituents is 1. The Morgan fingerprint density at radius 1 is 1.46 bits per heavy atom. The molecule has 1 aromatic rings. The third-order valence-electron chi connectivity index (χ3n) is 4.40. The van der Waals surface area contributed by atoms with Crippen LogP contribution in [0.4, 0.5) is 5.69 Å². The Bertz CT molecular complexity index is 742. The molecule has 1 amide bonds. The van der Waals surface area contributed by atoms with Crippen LogP contribution >= 0.6 is 0 Å². The molecule has 0 spiro atoms.